The Bertz CT molecular complexity index is 433. The van der Waals surface area contributed by atoms with Crippen LogP contribution in [0, 0.1) is 10.1 Å². The number of esters is 1. The van der Waals surface area contributed by atoms with E-state index in [9.17, 15) is 14.9 Å². The SMILES string of the molecule is COC(=O)CNc1ccc([N+](=O)[O-])c(OC)c1. The van der Waals surface area contributed by atoms with Crippen LogP contribution in [-0.4, -0.2) is 31.7 Å². The van der Waals surface area contributed by atoms with Crippen molar-refractivity contribution in [2.24, 2.45) is 0 Å². The first-order valence-electron chi connectivity index (χ1n) is 4.71. The summed E-state index contributed by atoms with van der Waals surface area (Å²) in [6.45, 7) is -0.0164. The van der Waals surface area contributed by atoms with Crippen molar-refractivity contribution < 1.29 is 19.2 Å². The Morgan fingerprint density at radius 2 is 2.18 bits per heavy atom. The molecule has 7 heteroatoms. The minimum absolute atomic E-state index is 0.0164. The summed E-state index contributed by atoms with van der Waals surface area (Å²) in [4.78, 5) is 21.0. The number of methoxy groups -OCH3 is 2. The Hall–Kier alpha value is -2.31. The third-order valence-corrected chi connectivity index (χ3v) is 2.04. The van der Waals surface area contributed by atoms with E-state index in [4.69, 9.17) is 4.74 Å². The predicted molar refractivity (Wildman–Crippen MR) is 60.2 cm³/mol. The summed E-state index contributed by atoms with van der Waals surface area (Å²) in [6, 6.07) is 4.24. The van der Waals surface area contributed by atoms with Crippen molar-refractivity contribution in [2.75, 3.05) is 26.1 Å². The second-order valence-corrected chi connectivity index (χ2v) is 3.07. The fraction of sp³-hybridized carbons (Fsp3) is 0.300. The minimum Gasteiger partial charge on any atom is -0.490 e. The number of carbonyl (C=O) groups excluding carboxylic acids is 1. The maximum atomic E-state index is 10.9. The second-order valence-electron chi connectivity index (χ2n) is 3.07. The van der Waals surface area contributed by atoms with Crippen LogP contribution in [0.15, 0.2) is 18.2 Å². The number of hydrogen-bond donors (Lipinski definition) is 1. The van der Waals surface area contributed by atoms with E-state index in [0.717, 1.165) is 0 Å². The molecule has 0 unspecified atom stereocenters. The zero-order chi connectivity index (χ0) is 12.8. The summed E-state index contributed by atoms with van der Waals surface area (Å²) < 4.78 is 9.33. The molecule has 0 saturated carbocycles. The molecule has 0 fully saturated rings. The number of nitro groups is 1. The highest BCUT2D eigenvalue weighted by Gasteiger charge is 2.14. The van der Waals surface area contributed by atoms with Crippen molar-refractivity contribution in [1.29, 1.82) is 0 Å². The number of carbonyl (C=O) groups is 1. The highest BCUT2D eigenvalue weighted by molar-refractivity contribution is 5.75. The molecule has 17 heavy (non-hydrogen) atoms. The Kier molecular flexibility index (Phi) is 4.27. The number of anilines is 1. The molecule has 0 saturated heterocycles. The summed E-state index contributed by atoms with van der Waals surface area (Å²) in [5.41, 5.74) is 0.411. The van der Waals surface area contributed by atoms with Crippen LogP contribution in [-0.2, 0) is 9.53 Å². The van der Waals surface area contributed by atoms with E-state index in [1.165, 1.54) is 32.4 Å². The number of rotatable bonds is 5. The summed E-state index contributed by atoms with van der Waals surface area (Å²) in [5.74, 6) is -0.299. The van der Waals surface area contributed by atoms with E-state index in [1.54, 1.807) is 0 Å². The minimum atomic E-state index is -0.539. The van der Waals surface area contributed by atoms with Crippen LogP contribution in [0.2, 0.25) is 0 Å². The summed E-state index contributed by atoms with van der Waals surface area (Å²) in [7, 11) is 2.62. The van der Waals surface area contributed by atoms with E-state index in [1.807, 2.05) is 0 Å². The van der Waals surface area contributed by atoms with E-state index < -0.39 is 10.9 Å². The largest absolute Gasteiger partial charge is 0.490 e. The van der Waals surface area contributed by atoms with Gasteiger partial charge in [-0.15, -0.1) is 0 Å². The van der Waals surface area contributed by atoms with E-state index in [2.05, 4.69) is 10.1 Å². The molecule has 0 atom stereocenters. The van der Waals surface area contributed by atoms with Crippen LogP contribution >= 0.6 is 0 Å². The van der Waals surface area contributed by atoms with Crippen molar-refractivity contribution in [3.8, 4) is 5.75 Å². The predicted octanol–water partition coefficient (Wildman–Crippen LogP) is 1.19. The van der Waals surface area contributed by atoms with Crippen molar-refractivity contribution in [3.63, 3.8) is 0 Å². The summed E-state index contributed by atoms with van der Waals surface area (Å²) in [5, 5.41) is 13.4. The lowest BCUT2D eigenvalue weighted by Gasteiger charge is -2.07. The van der Waals surface area contributed by atoms with Crippen LogP contribution in [0.1, 0.15) is 0 Å². The maximum absolute atomic E-state index is 10.9. The molecule has 0 amide bonds. The van der Waals surface area contributed by atoms with Crippen LogP contribution < -0.4 is 10.1 Å². The fourth-order valence-electron chi connectivity index (χ4n) is 1.18. The van der Waals surface area contributed by atoms with Gasteiger partial charge in [-0.3, -0.25) is 14.9 Å². The van der Waals surface area contributed by atoms with Gasteiger partial charge in [0, 0.05) is 17.8 Å². The average molecular weight is 240 g/mol. The monoisotopic (exact) mass is 240 g/mol. The summed E-state index contributed by atoms with van der Waals surface area (Å²) in [6.07, 6.45) is 0. The standard InChI is InChI=1S/C10H12N2O5/c1-16-9-5-7(11-6-10(13)17-2)3-4-8(9)12(14)15/h3-5,11H,6H2,1-2H3. The van der Waals surface area contributed by atoms with Gasteiger partial charge in [0.1, 0.15) is 6.54 Å². The Morgan fingerprint density at radius 3 is 2.71 bits per heavy atom. The van der Waals surface area contributed by atoms with E-state index in [0.29, 0.717) is 5.69 Å². The Balaban J connectivity index is 2.82. The lowest BCUT2D eigenvalue weighted by atomic mass is 10.2. The average Bonchev–Trinajstić information content (AvgIpc) is 2.35. The van der Waals surface area contributed by atoms with Gasteiger partial charge in [-0.05, 0) is 6.07 Å². The number of nitro benzene ring substituents is 1. The number of nitrogens with zero attached hydrogens (tertiary/aromatic N) is 1. The molecule has 0 aromatic heterocycles. The Labute approximate surface area is 97.5 Å². The Morgan fingerprint density at radius 1 is 1.47 bits per heavy atom. The van der Waals surface area contributed by atoms with E-state index in [-0.39, 0.29) is 18.0 Å². The molecule has 0 bridgehead atoms. The molecular formula is C10H12N2O5. The number of ether oxygens (including phenoxy) is 2. The molecule has 1 N–H and O–H groups in total. The van der Waals surface area contributed by atoms with Gasteiger partial charge in [-0.2, -0.15) is 0 Å². The van der Waals surface area contributed by atoms with Crippen LogP contribution in [0.25, 0.3) is 0 Å². The second kappa shape index (κ2) is 5.69. The summed E-state index contributed by atoms with van der Waals surface area (Å²) >= 11 is 0. The highest BCUT2D eigenvalue weighted by Crippen LogP contribution is 2.29. The number of nitrogens with one attached hydrogen (secondary N) is 1. The fourth-order valence-corrected chi connectivity index (χ4v) is 1.18. The zero-order valence-electron chi connectivity index (χ0n) is 9.43. The molecule has 0 heterocycles. The first-order chi connectivity index (χ1) is 8.08. The molecule has 1 aromatic carbocycles. The van der Waals surface area contributed by atoms with Gasteiger partial charge in [0.15, 0.2) is 5.75 Å². The molecule has 7 nitrogen and oxygen atoms in total. The van der Waals surface area contributed by atoms with Crippen molar-refractivity contribution in [1.82, 2.24) is 0 Å². The van der Waals surface area contributed by atoms with Crippen molar-refractivity contribution in [3.05, 3.63) is 28.3 Å². The molecule has 0 aliphatic carbocycles. The van der Waals surface area contributed by atoms with Crippen LogP contribution in [0.4, 0.5) is 11.4 Å². The molecule has 0 radical (unpaired) electrons. The van der Waals surface area contributed by atoms with Gasteiger partial charge >= 0.3 is 11.7 Å². The first kappa shape index (κ1) is 12.8. The zero-order valence-corrected chi connectivity index (χ0v) is 9.43. The molecule has 1 rings (SSSR count). The van der Waals surface area contributed by atoms with Gasteiger partial charge in [-0.25, -0.2) is 0 Å². The normalized spacial score (nSPS) is 9.53. The molecule has 0 aliphatic heterocycles. The first-order valence-corrected chi connectivity index (χ1v) is 4.71. The topological polar surface area (TPSA) is 90.7 Å². The quantitative estimate of drug-likeness (QED) is 0.472. The highest BCUT2D eigenvalue weighted by atomic mass is 16.6. The lowest BCUT2D eigenvalue weighted by Crippen LogP contribution is -2.14. The number of benzene rings is 1. The molecule has 0 spiro atoms. The van der Waals surface area contributed by atoms with E-state index >= 15 is 0 Å². The van der Waals surface area contributed by atoms with Gasteiger partial charge in [0.05, 0.1) is 19.1 Å². The van der Waals surface area contributed by atoms with Crippen LogP contribution in [0.5, 0.6) is 5.75 Å². The van der Waals surface area contributed by atoms with Crippen molar-refractivity contribution >= 4 is 17.3 Å². The molecule has 0 aliphatic rings. The lowest BCUT2D eigenvalue weighted by molar-refractivity contribution is -0.385. The van der Waals surface area contributed by atoms with Gasteiger partial charge < -0.3 is 14.8 Å². The molecule has 1 aromatic rings. The third kappa shape index (κ3) is 3.33. The van der Waals surface area contributed by atoms with Crippen molar-refractivity contribution in [2.45, 2.75) is 0 Å². The smallest absolute Gasteiger partial charge is 0.325 e. The van der Waals surface area contributed by atoms with Gasteiger partial charge in [-0.1, -0.05) is 0 Å². The molecule has 92 valence electrons. The third-order valence-electron chi connectivity index (χ3n) is 2.04. The van der Waals surface area contributed by atoms with Crippen LogP contribution in [0.3, 0.4) is 0 Å². The van der Waals surface area contributed by atoms with Gasteiger partial charge in [0.25, 0.3) is 0 Å². The van der Waals surface area contributed by atoms with Gasteiger partial charge in [0.2, 0.25) is 0 Å². The number of hydrogen-bond acceptors (Lipinski definition) is 6. The molecular weight excluding hydrogens is 228 g/mol. The maximum Gasteiger partial charge on any atom is 0.325 e.